The van der Waals surface area contributed by atoms with Crippen LogP contribution in [0.1, 0.15) is 50.5 Å². The van der Waals surface area contributed by atoms with Crippen molar-refractivity contribution in [3.05, 3.63) is 35.0 Å². The van der Waals surface area contributed by atoms with Crippen LogP contribution in [0.5, 0.6) is 0 Å². The Balaban J connectivity index is 1.13. The summed E-state index contributed by atoms with van der Waals surface area (Å²) in [5, 5.41) is 16.3. The van der Waals surface area contributed by atoms with Gasteiger partial charge in [-0.3, -0.25) is 9.69 Å². The van der Waals surface area contributed by atoms with Crippen LogP contribution < -0.4 is 5.32 Å². The maximum absolute atomic E-state index is 12.9. The fraction of sp³-hybridized carbons (Fsp3) is 0.643. The maximum Gasteiger partial charge on any atom is 0.228 e. The first-order valence-corrected chi connectivity index (χ1v) is 13.8. The summed E-state index contributed by atoms with van der Waals surface area (Å²) >= 11 is 6.73. The van der Waals surface area contributed by atoms with Crippen molar-refractivity contribution in [3.8, 4) is 0 Å². The zero-order valence-electron chi connectivity index (χ0n) is 20.9. The van der Waals surface area contributed by atoms with E-state index in [9.17, 15) is 9.90 Å². The molecule has 7 nitrogen and oxygen atoms in total. The van der Waals surface area contributed by atoms with E-state index < -0.39 is 6.10 Å². The van der Waals surface area contributed by atoms with Gasteiger partial charge in [0.05, 0.1) is 24.9 Å². The van der Waals surface area contributed by atoms with Crippen LogP contribution in [-0.2, 0) is 14.3 Å². The highest BCUT2D eigenvalue weighted by Gasteiger charge is 2.48. The van der Waals surface area contributed by atoms with E-state index in [1.807, 2.05) is 12.1 Å². The van der Waals surface area contributed by atoms with Gasteiger partial charge in [0.25, 0.3) is 0 Å². The first kappa shape index (κ1) is 24.6. The number of fused-ring (bicyclic) bond motifs is 1. The summed E-state index contributed by atoms with van der Waals surface area (Å²) in [6.07, 6.45) is 6.44. The largest absolute Gasteiger partial charge is 0.389 e. The number of rotatable bonds is 5. The number of aliphatic hydroxyl groups excluding tert-OH is 1. The molecule has 2 aromatic rings. The highest BCUT2D eigenvalue weighted by atomic mass is 35.5. The summed E-state index contributed by atoms with van der Waals surface area (Å²) in [7, 11) is 0. The van der Waals surface area contributed by atoms with E-state index in [0.717, 1.165) is 79.8 Å². The summed E-state index contributed by atoms with van der Waals surface area (Å²) in [5.41, 5.74) is 0.852. The topological polar surface area (TPSA) is 83.9 Å². The molecule has 0 unspecified atom stereocenters. The number of nitrogens with zero attached hydrogens (tertiary/aromatic N) is 2. The predicted octanol–water partition coefficient (Wildman–Crippen LogP) is 4.22. The molecule has 3 saturated heterocycles. The number of pyridine rings is 1. The van der Waals surface area contributed by atoms with Crippen LogP contribution in [0, 0.1) is 17.8 Å². The minimum atomic E-state index is -0.443. The van der Waals surface area contributed by atoms with Gasteiger partial charge in [0.15, 0.2) is 0 Å². The van der Waals surface area contributed by atoms with E-state index in [4.69, 9.17) is 21.1 Å². The van der Waals surface area contributed by atoms with Gasteiger partial charge in [0.1, 0.15) is 5.82 Å². The first-order chi connectivity index (χ1) is 17.4. The number of nitrogens with one attached hydrogen (secondary N) is 1. The molecule has 1 amide bonds. The molecule has 3 aliphatic heterocycles. The van der Waals surface area contributed by atoms with Gasteiger partial charge < -0.3 is 19.9 Å². The van der Waals surface area contributed by atoms with Crippen LogP contribution >= 0.6 is 11.6 Å². The van der Waals surface area contributed by atoms with E-state index in [2.05, 4.69) is 28.2 Å². The summed E-state index contributed by atoms with van der Waals surface area (Å²) in [6, 6.07) is 6.14. The van der Waals surface area contributed by atoms with Gasteiger partial charge in [0.2, 0.25) is 5.91 Å². The lowest BCUT2D eigenvalue weighted by Gasteiger charge is -2.43. The Morgan fingerprint density at radius 2 is 1.92 bits per heavy atom. The number of hydrogen-bond acceptors (Lipinski definition) is 6. The summed E-state index contributed by atoms with van der Waals surface area (Å²) < 4.78 is 11.0. The molecule has 6 rings (SSSR count). The molecule has 1 saturated carbocycles. The van der Waals surface area contributed by atoms with Gasteiger partial charge in [-0.1, -0.05) is 11.6 Å². The van der Waals surface area contributed by atoms with E-state index in [1.165, 1.54) is 0 Å². The van der Waals surface area contributed by atoms with E-state index in [1.54, 1.807) is 6.20 Å². The third-order valence-electron chi connectivity index (χ3n) is 9.18. The summed E-state index contributed by atoms with van der Waals surface area (Å²) in [6.45, 7) is 6.55. The highest BCUT2D eigenvalue weighted by molar-refractivity contribution is 6.32. The minimum absolute atomic E-state index is 0.0893. The number of hydrogen-bond donors (Lipinski definition) is 2. The normalized spacial score (nSPS) is 32.1. The number of amides is 1. The molecule has 4 atom stereocenters. The number of aromatic nitrogens is 1. The van der Waals surface area contributed by atoms with Gasteiger partial charge in [-0.25, -0.2) is 4.98 Å². The van der Waals surface area contributed by atoms with Gasteiger partial charge >= 0.3 is 0 Å². The highest BCUT2D eigenvalue weighted by Crippen LogP contribution is 2.48. The van der Waals surface area contributed by atoms with Crippen LogP contribution in [-0.4, -0.2) is 72.1 Å². The first-order valence-electron chi connectivity index (χ1n) is 13.4. The molecule has 1 aromatic heterocycles. The second-order valence-corrected chi connectivity index (χ2v) is 11.8. The smallest absolute Gasteiger partial charge is 0.228 e. The van der Waals surface area contributed by atoms with Crippen molar-refractivity contribution in [2.45, 2.75) is 56.6 Å². The van der Waals surface area contributed by atoms with Crippen molar-refractivity contribution in [2.75, 3.05) is 44.8 Å². The second-order valence-electron chi connectivity index (χ2n) is 11.4. The summed E-state index contributed by atoms with van der Waals surface area (Å²) in [5.74, 6) is 2.26. The van der Waals surface area contributed by atoms with E-state index in [-0.39, 0.29) is 17.4 Å². The van der Waals surface area contributed by atoms with Crippen molar-refractivity contribution in [1.82, 2.24) is 9.88 Å². The van der Waals surface area contributed by atoms with Crippen LogP contribution in [0.3, 0.4) is 0 Å². The average molecular weight is 514 g/mol. The van der Waals surface area contributed by atoms with E-state index in [0.29, 0.717) is 36.8 Å². The SMILES string of the molecule is C[C@@]1(N2CCC(c3cc4cc(NC(=O)[C@H]5C[C@H]5C5CCOCC5)ncc4cc3Cl)CC2)COC[C@@H]1O. The molecule has 36 heavy (non-hydrogen) atoms. The van der Waals surface area contributed by atoms with Crippen LogP contribution in [0.2, 0.25) is 5.02 Å². The van der Waals surface area contributed by atoms with Gasteiger partial charge in [-0.2, -0.15) is 0 Å². The molecule has 4 heterocycles. The Hall–Kier alpha value is -1.77. The number of ether oxygens (including phenoxy) is 2. The molecule has 0 radical (unpaired) electrons. The molecule has 1 aliphatic carbocycles. The Bertz CT molecular complexity index is 1130. The fourth-order valence-electron chi connectivity index (χ4n) is 6.62. The van der Waals surface area contributed by atoms with Crippen molar-refractivity contribution in [1.29, 1.82) is 0 Å². The predicted molar refractivity (Wildman–Crippen MR) is 139 cm³/mol. The molecular formula is C28H36ClN3O4. The van der Waals surface area contributed by atoms with E-state index >= 15 is 0 Å². The number of aliphatic hydroxyl groups is 1. The quantitative estimate of drug-likeness (QED) is 0.623. The number of anilines is 1. The van der Waals surface area contributed by atoms with Gasteiger partial charge in [0, 0.05) is 35.7 Å². The van der Waals surface area contributed by atoms with Crippen molar-refractivity contribution in [3.63, 3.8) is 0 Å². The molecular weight excluding hydrogens is 478 g/mol. The van der Waals surface area contributed by atoms with Crippen LogP contribution in [0.4, 0.5) is 5.82 Å². The zero-order valence-corrected chi connectivity index (χ0v) is 21.7. The average Bonchev–Trinajstić information content (AvgIpc) is 3.63. The fourth-order valence-corrected chi connectivity index (χ4v) is 6.95. The molecule has 194 valence electrons. The molecule has 4 aliphatic rings. The number of halogens is 1. The number of carbonyl (C=O) groups is 1. The molecule has 4 fully saturated rings. The van der Waals surface area contributed by atoms with Crippen molar-refractivity contribution in [2.24, 2.45) is 17.8 Å². The number of benzene rings is 1. The minimum Gasteiger partial charge on any atom is -0.389 e. The number of likely N-dealkylation sites (tertiary alicyclic amines) is 1. The van der Waals surface area contributed by atoms with Crippen LogP contribution in [0.25, 0.3) is 10.8 Å². The maximum atomic E-state index is 12.9. The summed E-state index contributed by atoms with van der Waals surface area (Å²) in [4.78, 5) is 19.8. The number of carbonyl (C=O) groups excluding carboxylic acids is 1. The molecule has 0 spiro atoms. The van der Waals surface area contributed by atoms with Gasteiger partial charge in [-0.15, -0.1) is 0 Å². The third kappa shape index (κ3) is 4.65. The lowest BCUT2D eigenvalue weighted by molar-refractivity contribution is -0.117. The Morgan fingerprint density at radius 3 is 2.64 bits per heavy atom. The van der Waals surface area contributed by atoms with Gasteiger partial charge in [-0.05, 0) is 99.0 Å². The lowest BCUT2D eigenvalue weighted by atomic mass is 9.85. The van der Waals surface area contributed by atoms with Crippen molar-refractivity contribution >= 4 is 34.1 Å². The standard InChI is InChI=1S/C28H36ClN3O4/c1-28(16-36-15-25(28)33)32-6-2-17(3-7-32)22-10-19-12-26(30-14-20(19)11-24(22)29)31-27(34)23-13-21(23)18-4-8-35-9-5-18/h10-12,14,17-18,21,23,25,33H,2-9,13,15-16H2,1H3,(H,30,31,34)/t21-,23-,25-,28+/m0/s1. The Kier molecular flexibility index (Phi) is 6.71. The third-order valence-corrected chi connectivity index (χ3v) is 9.51. The second kappa shape index (κ2) is 9.84. The molecule has 1 aromatic carbocycles. The van der Waals surface area contributed by atoms with Crippen molar-refractivity contribution < 1.29 is 19.4 Å². The molecule has 2 N–H and O–H groups in total. The zero-order chi connectivity index (χ0) is 24.9. The Labute approximate surface area is 217 Å². The van der Waals surface area contributed by atoms with Crippen LogP contribution in [0.15, 0.2) is 24.4 Å². The molecule has 8 heteroatoms. The monoisotopic (exact) mass is 513 g/mol. The Morgan fingerprint density at radius 1 is 1.14 bits per heavy atom. The lowest BCUT2D eigenvalue weighted by Crippen LogP contribution is -2.56. The molecule has 0 bridgehead atoms. The number of piperidine rings is 1.